The molecule has 0 radical (unpaired) electrons. The van der Waals surface area contributed by atoms with E-state index in [1.165, 1.54) is 96.3 Å². The van der Waals surface area contributed by atoms with Crippen molar-refractivity contribution in [1.29, 1.82) is 0 Å². The summed E-state index contributed by atoms with van der Waals surface area (Å²) in [6.07, 6.45) is 21.2. The quantitative estimate of drug-likeness (QED) is 0.0381. The number of hydrogen-bond acceptors (Lipinski definition) is 10. The van der Waals surface area contributed by atoms with Crippen LogP contribution in [0, 0.1) is 0 Å². The number of hydrogen-bond donors (Lipinski definition) is 4. The smallest absolute Gasteiger partial charge is 0.306 e. The Kier molecular flexibility index (Phi) is 27.2. The Bertz CT molecular complexity index is 789. The van der Waals surface area contributed by atoms with E-state index in [1.54, 1.807) is 0 Å². The van der Waals surface area contributed by atoms with E-state index in [9.17, 15) is 30.0 Å². The zero-order chi connectivity index (χ0) is 34.5. The van der Waals surface area contributed by atoms with Crippen molar-refractivity contribution in [1.82, 2.24) is 0 Å². The van der Waals surface area contributed by atoms with Gasteiger partial charge >= 0.3 is 11.9 Å². The van der Waals surface area contributed by atoms with Gasteiger partial charge in [0, 0.05) is 12.8 Å². The minimum absolute atomic E-state index is 0.225. The number of aliphatic hydroxyl groups excluding tert-OH is 4. The summed E-state index contributed by atoms with van der Waals surface area (Å²) in [5.41, 5.74) is 0. The Hall–Kier alpha value is -1.56. The van der Waals surface area contributed by atoms with Gasteiger partial charge in [-0.15, -0.1) is 0 Å². The van der Waals surface area contributed by atoms with Gasteiger partial charge in [0.2, 0.25) is 0 Å². The molecular weight excluding hydrogens is 604 g/mol. The number of allylic oxidation sites excluding steroid dienone is 2. The summed E-state index contributed by atoms with van der Waals surface area (Å²) in [6.45, 7) is 3.03. The molecule has 0 aromatic rings. The lowest BCUT2D eigenvalue weighted by molar-refractivity contribution is -0.305. The molecule has 1 fully saturated rings. The molecule has 1 heterocycles. The van der Waals surface area contributed by atoms with Gasteiger partial charge < -0.3 is 39.4 Å². The molecule has 47 heavy (non-hydrogen) atoms. The van der Waals surface area contributed by atoms with Crippen LogP contribution >= 0.6 is 0 Å². The molecule has 4 N–H and O–H groups in total. The molecule has 1 rings (SSSR count). The zero-order valence-corrected chi connectivity index (χ0v) is 29.5. The predicted octanol–water partition coefficient (Wildman–Crippen LogP) is 6.44. The first-order chi connectivity index (χ1) is 22.8. The Morgan fingerprint density at radius 2 is 1.17 bits per heavy atom. The van der Waals surface area contributed by atoms with E-state index in [4.69, 9.17) is 18.9 Å². The van der Waals surface area contributed by atoms with Crippen molar-refractivity contribution in [2.24, 2.45) is 0 Å². The second-order valence-electron chi connectivity index (χ2n) is 13.0. The largest absolute Gasteiger partial charge is 0.462 e. The van der Waals surface area contributed by atoms with Crippen LogP contribution in [0.5, 0.6) is 0 Å². The highest BCUT2D eigenvalue weighted by Crippen LogP contribution is 2.22. The van der Waals surface area contributed by atoms with E-state index < -0.39 is 55.4 Å². The molecule has 0 aromatic carbocycles. The lowest BCUT2D eigenvalue weighted by atomic mass is 9.99. The molecule has 1 aliphatic rings. The second-order valence-corrected chi connectivity index (χ2v) is 13.0. The molecule has 0 spiro atoms. The van der Waals surface area contributed by atoms with E-state index in [0.717, 1.165) is 19.3 Å². The topological polar surface area (TPSA) is 152 Å². The van der Waals surface area contributed by atoms with Crippen LogP contribution in [-0.2, 0) is 28.5 Å². The number of carbonyl (C=O) groups excluding carboxylic acids is 2. The van der Waals surface area contributed by atoms with Gasteiger partial charge in [-0.25, -0.2) is 0 Å². The van der Waals surface area contributed by atoms with Crippen LogP contribution in [0.2, 0.25) is 0 Å². The molecule has 6 atom stereocenters. The number of aliphatic hydroxyl groups is 4. The summed E-state index contributed by atoms with van der Waals surface area (Å²) in [6, 6.07) is 0. The number of unbranched alkanes of at least 4 members (excludes halogenated alkanes) is 17. The van der Waals surface area contributed by atoms with Crippen molar-refractivity contribution >= 4 is 11.9 Å². The number of esters is 2. The highest BCUT2D eigenvalue weighted by Gasteiger charge is 2.44. The van der Waals surface area contributed by atoms with Crippen LogP contribution in [0.15, 0.2) is 12.2 Å². The van der Waals surface area contributed by atoms with E-state index in [2.05, 4.69) is 19.1 Å². The molecule has 1 saturated heterocycles. The van der Waals surface area contributed by atoms with Crippen molar-refractivity contribution in [2.75, 3.05) is 19.8 Å². The minimum Gasteiger partial charge on any atom is -0.462 e. The van der Waals surface area contributed by atoms with Gasteiger partial charge in [-0.05, 0) is 38.5 Å². The fraction of sp³-hybridized carbons (Fsp3) is 0.892. The maximum absolute atomic E-state index is 12.5. The van der Waals surface area contributed by atoms with Gasteiger partial charge in [0.05, 0.1) is 13.2 Å². The zero-order valence-electron chi connectivity index (χ0n) is 29.5. The maximum atomic E-state index is 12.5. The van der Waals surface area contributed by atoms with Crippen LogP contribution in [-0.4, -0.2) is 89.0 Å². The van der Waals surface area contributed by atoms with Crippen LogP contribution in [0.4, 0.5) is 0 Å². The van der Waals surface area contributed by atoms with E-state index in [-0.39, 0.29) is 26.1 Å². The van der Waals surface area contributed by atoms with Gasteiger partial charge in [0.15, 0.2) is 12.4 Å². The summed E-state index contributed by atoms with van der Waals surface area (Å²) >= 11 is 0. The third kappa shape index (κ3) is 21.9. The average Bonchev–Trinajstić information content (AvgIpc) is 3.06. The second kappa shape index (κ2) is 29.4. The van der Waals surface area contributed by atoms with E-state index in [0.29, 0.717) is 12.8 Å². The number of carbonyl (C=O) groups is 2. The third-order valence-electron chi connectivity index (χ3n) is 8.62. The molecular formula is C37H68O10. The molecule has 10 nitrogen and oxygen atoms in total. The van der Waals surface area contributed by atoms with Gasteiger partial charge in [0.1, 0.15) is 31.0 Å². The summed E-state index contributed by atoms with van der Waals surface area (Å²) in [5, 5.41) is 39.5. The fourth-order valence-electron chi connectivity index (χ4n) is 5.63. The lowest BCUT2D eigenvalue weighted by Gasteiger charge is -2.39. The van der Waals surface area contributed by atoms with E-state index in [1.807, 2.05) is 6.92 Å². The van der Waals surface area contributed by atoms with Crippen LogP contribution in [0.3, 0.4) is 0 Å². The minimum atomic E-state index is -1.59. The highest BCUT2D eigenvalue weighted by atomic mass is 16.7. The maximum Gasteiger partial charge on any atom is 0.306 e. The molecule has 276 valence electrons. The first kappa shape index (κ1) is 43.5. The Morgan fingerprint density at radius 3 is 1.70 bits per heavy atom. The standard InChI is InChI=1S/C37H68O10/c1-3-5-6-7-8-9-10-11-12-13-14-15-16-17-18-19-20-21-22-23-24-26-33(40)46-30(28-44-32(39)25-4-2)29-45-37-36(43)35(42)34(41)31(27-38)47-37/h13-14,30-31,34-38,41-43H,3-12,15-29H2,1-2H3/b14-13-. The molecule has 0 bridgehead atoms. The molecule has 6 unspecified atom stereocenters. The highest BCUT2D eigenvalue weighted by molar-refractivity contribution is 5.70. The first-order valence-corrected chi connectivity index (χ1v) is 18.8. The van der Waals surface area contributed by atoms with Gasteiger partial charge in [0.25, 0.3) is 0 Å². The number of ether oxygens (including phenoxy) is 4. The van der Waals surface area contributed by atoms with Gasteiger partial charge in [-0.1, -0.05) is 116 Å². The van der Waals surface area contributed by atoms with Crippen molar-refractivity contribution in [3.63, 3.8) is 0 Å². The molecule has 0 aromatic heterocycles. The van der Waals surface area contributed by atoms with Crippen LogP contribution in [0.25, 0.3) is 0 Å². The summed E-state index contributed by atoms with van der Waals surface area (Å²) in [7, 11) is 0. The average molecular weight is 673 g/mol. The van der Waals surface area contributed by atoms with Crippen molar-refractivity contribution < 1.29 is 49.0 Å². The normalized spacial score (nSPS) is 22.0. The Balaban J connectivity index is 2.14. The summed E-state index contributed by atoms with van der Waals surface area (Å²) in [4.78, 5) is 24.4. The Morgan fingerprint density at radius 1 is 0.638 bits per heavy atom. The van der Waals surface area contributed by atoms with Gasteiger partial charge in [-0.2, -0.15) is 0 Å². The Labute approximate surface area is 284 Å². The van der Waals surface area contributed by atoms with Crippen LogP contribution in [0.1, 0.15) is 155 Å². The molecule has 10 heteroatoms. The molecule has 1 aliphatic heterocycles. The van der Waals surface area contributed by atoms with Crippen LogP contribution < -0.4 is 0 Å². The molecule has 0 amide bonds. The number of rotatable bonds is 30. The fourth-order valence-corrected chi connectivity index (χ4v) is 5.63. The predicted molar refractivity (Wildman–Crippen MR) is 183 cm³/mol. The summed E-state index contributed by atoms with van der Waals surface area (Å²) < 4.78 is 21.6. The van der Waals surface area contributed by atoms with Crippen molar-refractivity contribution in [2.45, 2.75) is 192 Å². The first-order valence-electron chi connectivity index (χ1n) is 18.8. The molecule has 0 saturated carbocycles. The summed E-state index contributed by atoms with van der Waals surface area (Å²) in [5.74, 6) is -0.867. The van der Waals surface area contributed by atoms with Gasteiger partial charge in [-0.3, -0.25) is 9.59 Å². The SMILES string of the molecule is CCCCCCCCCC/C=C\CCCCCCCCCCCC(=O)OC(COC(=O)CCC)COC1OC(CO)C(O)C(O)C1O. The van der Waals surface area contributed by atoms with E-state index >= 15 is 0 Å². The third-order valence-corrected chi connectivity index (χ3v) is 8.62. The van der Waals surface area contributed by atoms with Crippen molar-refractivity contribution in [3.05, 3.63) is 12.2 Å². The van der Waals surface area contributed by atoms with Crippen molar-refractivity contribution in [3.8, 4) is 0 Å². The molecule has 0 aliphatic carbocycles. The monoisotopic (exact) mass is 672 g/mol. The lowest BCUT2D eigenvalue weighted by Crippen LogP contribution is -2.59.